The molecule has 112 valence electrons. The third kappa shape index (κ3) is 3.78. The third-order valence-corrected chi connectivity index (χ3v) is 6.34. The number of likely N-dealkylation sites (N-methyl/N-ethyl adjacent to an activating group) is 1. The Kier molecular flexibility index (Phi) is 5.14. The van der Waals surface area contributed by atoms with Crippen molar-refractivity contribution in [1.29, 1.82) is 0 Å². The molecular weight excluding hydrogens is 300 g/mol. The van der Waals surface area contributed by atoms with E-state index in [1.807, 2.05) is 0 Å². The summed E-state index contributed by atoms with van der Waals surface area (Å²) in [5.74, 6) is -0.459. The van der Waals surface area contributed by atoms with Crippen molar-refractivity contribution >= 4 is 27.3 Å². The number of hydrogen-bond acceptors (Lipinski definition) is 5. The van der Waals surface area contributed by atoms with Crippen LogP contribution in [0.1, 0.15) is 25.7 Å². The largest absolute Gasteiger partial charge is 0.271 e. The van der Waals surface area contributed by atoms with E-state index in [2.05, 4.69) is 5.48 Å². The molecule has 6 nitrogen and oxygen atoms in total. The van der Waals surface area contributed by atoms with Crippen molar-refractivity contribution in [3.05, 3.63) is 17.5 Å². The number of sulfonamides is 1. The van der Waals surface area contributed by atoms with E-state index in [1.54, 1.807) is 11.4 Å². The van der Waals surface area contributed by atoms with Gasteiger partial charge in [-0.1, -0.05) is 18.9 Å². The Bertz CT molecular complexity index is 536. The van der Waals surface area contributed by atoms with Gasteiger partial charge < -0.3 is 0 Å². The van der Waals surface area contributed by atoms with Gasteiger partial charge in [0.25, 0.3) is 15.9 Å². The van der Waals surface area contributed by atoms with Crippen LogP contribution in [0.4, 0.5) is 0 Å². The molecule has 1 aromatic rings. The second-order valence-electron chi connectivity index (χ2n) is 4.74. The quantitative estimate of drug-likeness (QED) is 0.804. The normalized spacial score (nSPS) is 16.7. The van der Waals surface area contributed by atoms with Crippen molar-refractivity contribution in [3.63, 3.8) is 0 Å². The average molecular weight is 318 g/mol. The summed E-state index contributed by atoms with van der Waals surface area (Å²) >= 11 is 1.13. The molecule has 1 fully saturated rings. The van der Waals surface area contributed by atoms with Gasteiger partial charge in [0.1, 0.15) is 4.21 Å². The second-order valence-corrected chi connectivity index (χ2v) is 7.96. The molecular formula is C12H18N2O4S2. The van der Waals surface area contributed by atoms with Crippen LogP contribution >= 0.6 is 11.3 Å². The molecule has 0 unspecified atom stereocenters. The van der Waals surface area contributed by atoms with E-state index in [4.69, 9.17) is 4.84 Å². The van der Waals surface area contributed by atoms with Gasteiger partial charge in [-0.05, 0) is 24.3 Å². The highest BCUT2D eigenvalue weighted by atomic mass is 32.2. The van der Waals surface area contributed by atoms with Crippen LogP contribution in [0.3, 0.4) is 0 Å². The molecule has 1 amide bonds. The Morgan fingerprint density at radius 1 is 1.50 bits per heavy atom. The van der Waals surface area contributed by atoms with Crippen LogP contribution < -0.4 is 5.48 Å². The molecule has 2 rings (SSSR count). The van der Waals surface area contributed by atoms with Gasteiger partial charge in [-0.15, -0.1) is 11.3 Å². The van der Waals surface area contributed by atoms with Crippen LogP contribution in [-0.4, -0.2) is 38.3 Å². The molecule has 1 heterocycles. The molecule has 0 bridgehead atoms. The number of hydroxylamine groups is 1. The zero-order valence-electron chi connectivity index (χ0n) is 11.2. The van der Waals surface area contributed by atoms with Gasteiger partial charge in [0.2, 0.25) is 0 Å². The Balaban J connectivity index is 1.84. The number of carbonyl (C=O) groups is 1. The first-order valence-electron chi connectivity index (χ1n) is 6.44. The summed E-state index contributed by atoms with van der Waals surface area (Å²) in [5, 5.41) is 1.68. The number of rotatable bonds is 6. The van der Waals surface area contributed by atoms with Gasteiger partial charge in [-0.2, -0.15) is 4.31 Å². The van der Waals surface area contributed by atoms with Crippen LogP contribution in [0.5, 0.6) is 0 Å². The van der Waals surface area contributed by atoms with E-state index < -0.39 is 15.9 Å². The first-order valence-corrected chi connectivity index (χ1v) is 8.76. The van der Waals surface area contributed by atoms with E-state index in [0.29, 0.717) is 0 Å². The molecule has 0 atom stereocenters. The number of thiophene rings is 1. The maximum atomic E-state index is 12.1. The summed E-state index contributed by atoms with van der Waals surface area (Å²) in [6.45, 7) is -0.257. The highest BCUT2D eigenvalue weighted by Crippen LogP contribution is 2.20. The van der Waals surface area contributed by atoms with Gasteiger partial charge in [0.15, 0.2) is 0 Å². The summed E-state index contributed by atoms with van der Waals surface area (Å²) in [7, 11) is -2.21. The fraction of sp³-hybridized carbons (Fsp3) is 0.583. The number of amides is 1. The molecule has 20 heavy (non-hydrogen) atoms. The summed E-state index contributed by atoms with van der Waals surface area (Å²) < 4.78 is 25.5. The predicted molar refractivity (Wildman–Crippen MR) is 75.6 cm³/mol. The number of carbonyl (C=O) groups excluding carboxylic acids is 1. The van der Waals surface area contributed by atoms with Crippen molar-refractivity contribution in [2.45, 2.75) is 36.0 Å². The van der Waals surface area contributed by atoms with Gasteiger partial charge >= 0.3 is 0 Å². The fourth-order valence-corrected chi connectivity index (χ4v) is 4.37. The third-order valence-electron chi connectivity index (χ3n) is 3.17. The predicted octanol–water partition coefficient (Wildman–Crippen LogP) is 1.36. The summed E-state index contributed by atoms with van der Waals surface area (Å²) in [6.07, 6.45) is 4.13. The van der Waals surface area contributed by atoms with Crippen LogP contribution in [0, 0.1) is 0 Å². The van der Waals surface area contributed by atoms with Crippen molar-refractivity contribution in [2.24, 2.45) is 0 Å². The van der Waals surface area contributed by atoms with E-state index in [9.17, 15) is 13.2 Å². The monoisotopic (exact) mass is 318 g/mol. The minimum Gasteiger partial charge on any atom is -0.271 e. The SMILES string of the molecule is CN(CC(=O)NOC1CCCC1)S(=O)(=O)c1cccs1. The first kappa shape index (κ1) is 15.4. The highest BCUT2D eigenvalue weighted by molar-refractivity contribution is 7.91. The van der Waals surface area contributed by atoms with E-state index >= 15 is 0 Å². The van der Waals surface area contributed by atoms with Crippen LogP contribution in [0.2, 0.25) is 0 Å². The summed E-state index contributed by atoms with van der Waals surface area (Å²) in [4.78, 5) is 16.9. The maximum Gasteiger partial charge on any atom is 0.258 e. The lowest BCUT2D eigenvalue weighted by molar-refractivity contribution is -0.138. The number of nitrogens with zero attached hydrogens (tertiary/aromatic N) is 1. The maximum absolute atomic E-state index is 12.1. The van der Waals surface area contributed by atoms with Gasteiger partial charge in [0.05, 0.1) is 12.6 Å². The molecule has 0 spiro atoms. The molecule has 1 aliphatic rings. The minimum atomic E-state index is -3.59. The lowest BCUT2D eigenvalue weighted by atomic mass is 10.3. The van der Waals surface area contributed by atoms with E-state index in [1.165, 1.54) is 13.1 Å². The molecule has 0 aliphatic heterocycles. The Hall–Kier alpha value is -0.960. The lowest BCUT2D eigenvalue weighted by Crippen LogP contribution is -2.39. The van der Waals surface area contributed by atoms with Crippen LogP contribution in [-0.2, 0) is 19.7 Å². The summed E-state index contributed by atoms with van der Waals surface area (Å²) in [6, 6.07) is 3.18. The highest BCUT2D eigenvalue weighted by Gasteiger charge is 2.24. The Morgan fingerprint density at radius 3 is 2.80 bits per heavy atom. The van der Waals surface area contributed by atoms with Gasteiger partial charge in [-0.25, -0.2) is 13.9 Å². The van der Waals surface area contributed by atoms with Crippen molar-refractivity contribution in [1.82, 2.24) is 9.79 Å². The van der Waals surface area contributed by atoms with Gasteiger partial charge in [0, 0.05) is 7.05 Å². The molecule has 1 N–H and O–H groups in total. The molecule has 1 saturated carbocycles. The molecule has 0 saturated heterocycles. The molecule has 0 radical (unpaired) electrons. The van der Waals surface area contributed by atoms with Crippen molar-refractivity contribution in [2.75, 3.05) is 13.6 Å². The molecule has 0 aromatic carbocycles. The molecule has 1 aromatic heterocycles. The fourth-order valence-electron chi connectivity index (χ4n) is 2.04. The van der Waals surface area contributed by atoms with E-state index in [0.717, 1.165) is 41.3 Å². The lowest BCUT2D eigenvalue weighted by Gasteiger charge is -2.16. The van der Waals surface area contributed by atoms with Gasteiger partial charge in [-0.3, -0.25) is 9.63 Å². The topological polar surface area (TPSA) is 75.7 Å². The zero-order valence-corrected chi connectivity index (χ0v) is 12.9. The summed E-state index contributed by atoms with van der Waals surface area (Å²) in [5.41, 5.74) is 2.33. The van der Waals surface area contributed by atoms with Crippen molar-refractivity contribution in [3.8, 4) is 0 Å². The second kappa shape index (κ2) is 6.66. The first-order chi connectivity index (χ1) is 9.50. The Labute approximate surface area is 122 Å². The van der Waals surface area contributed by atoms with Crippen LogP contribution in [0.25, 0.3) is 0 Å². The molecule has 1 aliphatic carbocycles. The van der Waals surface area contributed by atoms with E-state index in [-0.39, 0.29) is 16.9 Å². The van der Waals surface area contributed by atoms with Crippen LogP contribution in [0.15, 0.2) is 21.7 Å². The van der Waals surface area contributed by atoms with Crippen molar-refractivity contribution < 1.29 is 18.0 Å². The Morgan fingerprint density at radius 2 is 2.20 bits per heavy atom. The minimum absolute atomic E-state index is 0.0539. The smallest absolute Gasteiger partial charge is 0.258 e. The average Bonchev–Trinajstić information content (AvgIpc) is 3.09. The molecule has 8 heteroatoms. The standard InChI is InChI=1S/C12H18N2O4S2/c1-14(20(16,17)12-7-4-8-19-12)9-11(15)13-18-10-5-2-3-6-10/h4,7-8,10H,2-3,5-6,9H2,1H3,(H,13,15). The number of hydrogen-bond donors (Lipinski definition) is 1. The number of nitrogens with one attached hydrogen (secondary N) is 1. The zero-order chi connectivity index (χ0) is 14.6.